The molecule has 0 amide bonds. The average molecular weight is 254 g/mol. The highest BCUT2D eigenvalue weighted by Crippen LogP contribution is 2.37. The predicted molar refractivity (Wildman–Crippen MR) is 72.4 cm³/mol. The van der Waals surface area contributed by atoms with Crippen molar-refractivity contribution in [3.05, 3.63) is 24.3 Å². The second-order valence-corrected chi connectivity index (χ2v) is 4.05. The van der Waals surface area contributed by atoms with Gasteiger partial charge in [-0.1, -0.05) is 12.1 Å². The van der Waals surface area contributed by atoms with E-state index in [1.165, 1.54) is 5.69 Å². The fourth-order valence-electron chi connectivity index (χ4n) is 2.40. The summed E-state index contributed by atoms with van der Waals surface area (Å²) in [4.78, 5) is 8.91. The van der Waals surface area contributed by atoms with Crippen LogP contribution in [0.3, 0.4) is 0 Å². The number of aliphatic hydroxyl groups is 1. The Morgan fingerprint density at radius 2 is 2.00 bits per heavy atom. The van der Waals surface area contributed by atoms with Crippen LogP contribution in [0, 0.1) is 0 Å². The highest BCUT2D eigenvalue weighted by Gasteiger charge is 2.32. The Labute approximate surface area is 107 Å². The minimum Gasteiger partial charge on any atom is -0.395 e. The molecule has 0 spiro atoms. The van der Waals surface area contributed by atoms with E-state index >= 15 is 0 Å². The molecule has 0 fully saturated rings. The second-order valence-electron chi connectivity index (χ2n) is 4.05. The molecule has 0 bridgehead atoms. The lowest BCUT2D eigenvalue weighted by Gasteiger charge is -2.26. The normalized spacial score (nSPS) is 17.1. The van der Waals surface area contributed by atoms with E-state index in [0.29, 0.717) is 6.54 Å². The highest BCUT2D eigenvalue weighted by molar-refractivity contribution is 6.16. The molecule has 0 unspecified atom stereocenters. The topological polar surface area (TPSA) is 39.1 Å². The van der Waals surface area contributed by atoms with Crippen LogP contribution >= 0.6 is 12.4 Å². The van der Waals surface area contributed by atoms with E-state index in [1.807, 2.05) is 12.1 Å². The van der Waals surface area contributed by atoms with Crippen LogP contribution in [0.2, 0.25) is 0 Å². The average Bonchev–Trinajstić information content (AvgIpc) is 2.66. The molecular weight excluding hydrogens is 238 g/mol. The maximum atomic E-state index is 9.13. The summed E-state index contributed by atoms with van der Waals surface area (Å²) in [5.74, 6) is 1.00. The Morgan fingerprint density at radius 3 is 2.76 bits per heavy atom. The lowest BCUT2D eigenvalue weighted by atomic mass is 10.2. The number of halogens is 1. The largest absolute Gasteiger partial charge is 0.395 e. The number of anilines is 2. The number of rotatable bonds is 2. The third-order valence-electron chi connectivity index (χ3n) is 3.06. The van der Waals surface area contributed by atoms with Crippen LogP contribution in [0.4, 0.5) is 11.4 Å². The molecule has 0 radical (unpaired) electrons. The number of guanidine groups is 1. The van der Waals surface area contributed by atoms with Crippen LogP contribution in [0.1, 0.15) is 6.42 Å². The maximum Gasteiger partial charge on any atom is 0.205 e. The standard InChI is InChI=1S/C12H15N3O.ClH/c16-9-8-15-11-5-2-1-4-10(11)14-7-3-6-13-12(14)15;/h1-2,4-5,16H,3,6-9H2;1H. The van der Waals surface area contributed by atoms with Gasteiger partial charge >= 0.3 is 0 Å². The number of aliphatic hydroxyl groups excluding tert-OH is 1. The van der Waals surface area contributed by atoms with Gasteiger partial charge in [-0.25, -0.2) is 0 Å². The number of fused-ring (bicyclic) bond motifs is 3. The van der Waals surface area contributed by atoms with Gasteiger partial charge in [0.05, 0.1) is 18.0 Å². The van der Waals surface area contributed by atoms with E-state index in [1.54, 1.807) is 0 Å². The molecule has 17 heavy (non-hydrogen) atoms. The van der Waals surface area contributed by atoms with Gasteiger partial charge in [0.1, 0.15) is 0 Å². The summed E-state index contributed by atoms with van der Waals surface area (Å²) in [6.45, 7) is 2.69. The molecule has 92 valence electrons. The number of nitrogens with zero attached hydrogens (tertiary/aromatic N) is 3. The zero-order valence-corrected chi connectivity index (χ0v) is 10.4. The van der Waals surface area contributed by atoms with Gasteiger partial charge in [0.2, 0.25) is 5.96 Å². The first-order valence-electron chi connectivity index (χ1n) is 5.71. The van der Waals surface area contributed by atoms with Gasteiger partial charge in [-0.05, 0) is 18.6 Å². The minimum atomic E-state index is 0. The van der Waals surface area contributed by atoms with Crippen molar-refractivity contribution in [2.45, 2.75) is 6.42 Å². The van der Waals surface area contributed by atoms with Crippen molar-refractivity contribution >= 4 is 29.7 Å². The van der Waals surface area contributed by atoms with Gasteiger partial charge in [0.25, 0.3) is 0 Å². The van der Waals surface area contributed by atoms with Crippen molar-refractivity contribution in [1.29, 1.82) is 0 Å². The van der Waals surface area contributed by atoms with E-state index < -0.39 is 0 Å². The molecule has 1 aromatic carbocycles. The van der Waals surface area contributed by atoms with Crippen molar-refractivity contribution in [2.75, 3.05) is 36.0 Å². The first-order chi connectivity index (χ1) is 7.92. The SMILES string of the molecule is Cl.OCCN1C2=NCCCN2c2ccccc21. The zero-order valence-electron chi connectivity index (χ0n) is 9.54. The summed E-state index contributed by atoms with van der Waals surface area (Å²) in [5.41, 5.74) is 2.38. The van der Waals surface area contributed by atoms with E-state index in [-0.39, 0.29) is 19.0 Å². The molecule has 2 aliphatic rings. The molecule has 0 saturated heterocycles. The fourth-order valence-corrected chi connectivity index (χ4v) is 2.40. The highest BCUT2D eigenvalue weighted by atomic mass is 35.5. The molecule has 1 N–H and O–H groups in total. The Morgan fingerprint density at radius 1 is 1.24 bits per heavy atom. The third-order valence-corrected chi connectivity index (χ3v) is 3.06. The van der Waals surface area contributed by atoms with Gasteiger partial charge in [-0.15, -0.1) is 12.4 Å². The fraction of sp³-hybridized carbons (Fsp3) is 0.417. The van der Waals surface area contributed by atoms with Gasteiger partial charge in [-0.2, -0.15) is 0 Å². The molecular formula is C12H16ClN3O. The summed E-state index contributed by atoms with van der Waals surface area (Å²) in [6.07, 6.45) is 1.10. The van der Waals surface area contributed by atoms with Gasteiger partial charge in [0.15, 0.2) is 0 Å². The van der Waals surface area contributed by atoms with Crippen molar-refractivity contribution in [1.82, 2.24) is 0 Å². The molecule has 2 aliphatic heterocycles. The Hall–Kier alpha value is -1.26. The van der Waals surface area contributed by atoms with Crippen molar-refractivity contribution in [2.24, 2.45) is 4.99 Å². The molecule has 2 heterocycles. The van der Waals surface area contributed by atoms with Crippen LogP contribution in [-0.2, 0) is 0 Å². The van der Waals surface area contributed by atoms with Crippen LogP contribution in [0.25, 0.3) is 0 Å². The number of benzene rings is 1. The lowest BCUT2D eigenvalue weighted by molar-refractivity contribution is 0.306. The Bertz CT molecular complexity index is 436. The van der Waals surface area contributed by atoms with E-state index in [9.17, 15) is 0 Å². The van der Waals surface area contributed by atoms with Crippen molar-refractivity contribution < 1.29 is 5.11 Å². The van der Waals surface area contributed by atoms with Crippen LogP contribution < -0.4 is 9.80 Å². The number of β-amino-alcohol motifs (C(OH)–C–C–N with tert-alkyl or cyclic N) is 1. The first kappa shape index (κ1) is 12.2. The molecule has 0 aliphatic carbocycles. The van der Waals surface area contributed by atoms with Gasteiger partial charge in [0, 0.05) is 19.6 Å². The van der Waals surface area contributed by atoms with Gasteiger partial charge in [-0.3, -0.25) is 4.99 Å². The van der Waals surface area contributed by atoms with Crippen molar-refractivity contribution in [3.63, 3.8) is 0 Å². The summed E-state index contributed by atoms with van der Waals surface area (Å²) in [7, 11) is 0. The molecule has 0 saturated carbocycles. The van der Waals surface area contributed by atoms with Crippen molar-refractivity contribution in [3.8, 4) is 0 Å². The van der Waals surface area contributed by atoms with Crippen LogP contribution in [0.5, 0.6) is 0 Å². The molecule has 1 aromatic rings. The third kappa shape index (κ3) is 1.87. The quantitative estimate of drug-likeness (QED) is 0.868. The number of hydrogen-bond acceptors (Lipinski definition) is 4. The second kappa shape index (κ2) is 4.94. The monoisotopic (exact) mass is 253 g/mol. The smallest absolute Gasteiger partial charge is 0.205 e. The van der Waals surface area contributed by atoms with Crippen LogP contribution in [0.15, 0.2) is 29.3 Å². The summed E-state index contributed by atoms with van der Waals surface area (Å²) in [6, 6.07) is 8.29. The predicted octanol–water partition coefficient (Wildman–Crippen LogP) is 1.49. The summed E-state index contributed by atoms with van der Waals surface area (Å²) < 4.78 is 0. The van der Waals surface area contributed by atoms with Gasteiger partial charge < -0.3 is 14.9 Å². The molecule has 3 rings (SSSR count). The number of hydrogen-bond donors (Lipinski definition) is 1. The Kier molecular flexibility index (Phi) is 3.54. The maximum absolute atomic E-state index is 9.13. The molecule has 0 atom stereocenters. The first-order valence-corrected chi connectivity index (χ1v) is 5.71. The van der Waals surface area contributed by atoms with Crippen LogP contribution in [-0.4, -0.2) is 37.3 Å². The molecule has 4 nitrogen and oxygen atoms in total. The lowest BCUT2D eigenvalue weighted by Crippen LogP contribution is -2.42. The summed E-state index contributed by atoms with van der Waals surface area (Å²) >= 11 is 0. The van der Waals surface area contributed by atoms with E-state index in [0.717, 1.165) is 31.2 Å². The number of aliphatic imine (C=N–C) groups is 1. The molecule has 0 aromatic heterocycles. The van der Waals surface area contributed by atoms with E-state index in [4.69, 9.17) is 5.11 Å². The zero-order chi connectivity index (χ0) is 11.0. The minimum absolute atomic E-state index is 0. The Balaban J connectivity index is 0.00000108. The molecule has 5 heteroatoms. The number of para-hydroxylation sites is 2. The van der Waals surface area contributed by atoms with E-state index in [2.05, 4.69) is 26.9 Å². The summed E-state index contributed by atoms with van der Waals surface area (Å²) in [5, 5.41) is 9.13.